The van der Waals surface area contributed by atoms with E-state index in [1.165, 1.54) is 10.8 Å². The molecular formula is C106H76B2N6O. The molecule has 16 aromatic carbocycles. The summed E-state index contributed by atoms with van der Waals surface area (Å²) < 4.78 is 10.5. The lowest BCUT2D eigenvalue weighted by Crippen LogP contribution is -2.64. The molecular weight excluding hydrogens is 1390 g/mol. The second kappa shape index (κ2) is 26.7. The number of ether oxygens (including phenoxy) is 1. The third-order valence-electron chi connectivity index (χ3n) is 24.1. The summed E-state index contributed by atoms with van der Waals surface area (Å²) >= 11 is 0. The number of hydrogen-bond acceptors (Lipinski definition) is 6. The van der Waals surface area contributed by atoms with Gasteiger partial charge in [0.15, 0.2) is 0 Å². The van der Waals surface area contributed by atoms with Gasteiger partial charge in [-0.2, -0.15) is 10.5 Å². The molecule has 542 valence electrons. The van der Waals surface area contributed by atoms with Gasteiger partial charge in [0.1, 0.15) is 11.5 Å². The van der Waals surface area contributed by atoms with Crippen molar-refractivity contribution in [3.63, 3.8) is 0 Å². The van der Waals surface area contributed by atoms with Gasteiger partial charge in [-0.3, -0.25) is 0 Å². The molecule has 115 heavy (non-hydrogen) atoms. The summed E-state index contributed by atoms with van der Waals surface area (Å²) in [5.74, 6) is 1.58. The van der Waals surface area contributed by atoms with Crippen LogP contribution in [0.15, 0.2) is 352 Å². The number of para-hydroxylation sites is 4. The zero-order chi connectivity index (χ0) is 77.5. The molecule has 0 spiro atoms. The summed E-state index contributed by atoms with van der Waals surface area (Å²) in [7, 11) is 0. The first-order valence-corrected chi connectivity index (χ1v) is 39.7. The smallest absolute Gasteiger partial charge is 0.256 e. The van der Waals surface area contributed by atoms with Crippen LogP contribution in [0.4, 0.5) is 51.2 Å². The second-order valence-corrected chi connectivity index (χ2v) is 32.9. The van der Waals surface area contributed by atoms with E-state index < -0.39 is 12.1 Å². The van der Waals surface area contributed by atoms with E-state index in [4.69, 9.17) is 4.74 Å². The van der Waals surface area contributed by atoms with E-state index in [2.05, 4.69) is 425 Å². The van der Waals surface area contributed by atoms with Crippen molar-refractivity contribution in [2.45, 2.75) is 52.4 Å². The largest absolute Gasteiger partial charge is 0.458 e. The Morgan fingerprint density at radius 2 is 0.643 bits per heavy atom. The highest BCUT2D eigenvalue weighted by Gasteiger charge is 2.50. The molecule has 21 rings (SSSR count). The van der Waals surface area contributed by atoms with Gasteiger partial charge >= 0.3 is 0 Å². The highest BCUT2D eigenvalue weighted by molar-refractivity contribution is 7.02. The number of rotatable bonds is 10. The van der Waals surface area contributed by atoms with E-state index >= 15 is 0 Å². The molecule has 17 aromatic rings. The molecule has 0 aliphatic carbocycles. The van der Waals surface area contributed by atoms with Crippen LogP contribution in [0.25, 0.3) is 94.3 Å². The van der Waals surface area contributed by atoms with Crippen LogP contribution in [0, 0.1) is 22.7 Å². The summed E-state index contributed by atoms with van der Waals surface area (Å²) in [5, 5.41) is 25.2. The van der Waals surface area contributed by atoms with Crippen molar-refractivity contribution >= 4 is 119 Å². The SMILES string of the molecule is CC(C)(C)c1cc2c3c(c1)N(c1c(-c4ccccc4)cccc1-c1ccccc1)c1ccccc1B3c1cc3c(cc1O2)N(c1c(-c2ccccc2)cc(C#N)cc1-c1ccccc1)c1cc(C(C)(C)C)cc2c1B3c1ccc(-n3c4ccccc4c4ccccc43)cc1N2c1c(-c2ccccc2)cc(C#N)cc1-c1ccccc1. The molecule has 0 saturated heterocycles. The molecule has 0 N–H and O–H groups in total. The fourth-order valence-electron chi connectivity index (χ4n) is 18.8. The number of hydrogen-bond donors (Lipinski definition) is 0. The summed E-state index contributed by atoms with van der Waals surface area (Å²) in [4.78, 5) is 7.71. The normalized spacial score (nSPS) is 12.9. The first-order valence-electron chi connectivity index (χ1n) is 39.7. The summed E-state index contributed by atoms with van der Waals surface area (Å²) in [6.07, 6.45) is 0. The van der Waals surface area contributed by atoms with Crippen LogP contribution >= 0.6 is 0 Å². The van der Waals surface area contributed by atoms with E-state index in [0.29, 0.717) is 11.1 Å². The third-order valence-corrected chi connectivity index (χ3v) is 24.1. The minimum Gasteiger partial charge on any atom is -0.458 e. The fraction of sp³-hybridized carbons (Fsp3) is 0.0755. The number of aromatic nitrogens is 1. The summed E-state index contributed by atoms with van der Waals surface area (Å²) in [5.41, 5.74) is 33.6. The Balaban J connectivity index is 0.923. The van der Waals surface area contributed by atoms with E-state index in [-0.39, 0.29) is 12.1 Å². The van der Waals surface area contributed by atoms with Gasteiger partial charge in [0, 0.05) is 90.0 Å². The summed E-state index contributed by atoms with van der Waals surface area (Å²) in [6.45, 7) is 13.2. The zero-order valence-electron chi connectivity index (χ0n) is 64.7. The van der Waals surface area contributed by atoms with Crippen molar-refractivity contribution in [3.8, 4) is 96.1 Å². The predicted octanol–water partition coefficient (Wildman–Crippen LogP) is 23.6. The van der Waals surface area contributed by atoms with Gasteiger partial charge in [-0.15, -0.1) is 0 Å². The Hall–Kier alpha value is -14.4. The maximum atomic E-state index is 11.4. The number of fused-ring (bicyclic) bond motifs is 11. The van der Waals surface area contributed by atoms with Crippen molar-refractivity contribution in [2.24, 2.45) is 0 Å². The minimum absolute atomic E-state index is 0.310. The van der Waals surface area contributed by atoms with Gasteiger partial charge in [0.2, 0.25) is 0 Å². The predicted molar refractivity (Wildman–Crippen MR) is 480 cm³/mol. The Labute approximate surface area is 671 Å². The first-order chi connectivity index (χ1) is 56.3. The Morgan fingerprint density at radius 3 is 1.10 bits per heavy atom. The van der Waals surface area contributed by atoms with Crippen LogP contribution in [-0.4, -0.2) is 18.0 Å². The lowest BCUT2D eigenvalue weighted by atomic mass is 9.30. The van der Waals surface area contributed by atoms with Crippen molar-refractivity contribution in [2.75, 3.05) is 14.7 Å². The quantitative estimate of drug-likeness (QED) is 0.127. The standard InChI is InChI=1S/C106H76B2N6O/c1-105(2,3)75-58-95-100-96(59-75)114(104-84(73-40-21-11-22-41-73)56-68(66-110)57-85(104)74-42-23-12-24-43-74)94-64-98-89(108-86-48-27-30-51-92(86)112(97-60-76(106(4,5)6)61-99(115-98)101(97)108)102-78(69-32-13-7-14-33-69)46-31-47-79(102)70-34-15-8-16-35-70)63-88(94)107(100)87-53-52-77(111-90-49-28-25-44-80(90)81-45-26-29-50-91(81)111)62-93(87)113(95)103-82(71-36-17-9-18-37-71)54-67(65-109)55-83(103)72-38-19-10-20-39-72/h7-64H,1-6H3. The minimum atomic E-state index is -0.440. The molecule has 0 unspecified atom stereocenters. The van der Waals surface area contributed by atoms with Gasteiger partial charge < -0.3 is 24.0 Å². The Morgan fingerprint density at radius 1 is 0.278 bits per heavy atom. The van der Waals surface area contributed by atoms with Crippen molar-refractivity contribution in [1.29, 1.82) is 10.5 Å². The molecule has 0 bridgehead atoms. The Kier molecular flexibility index (Phi) is 15.9. The number of nitriles is 2. The topological polar surface area (TPSA) is 71.5 Å². The zero-order valence-corrected chi connectivity index (χ0v) is 64.7. The maximum absolute atomic E-state index is 11.4. The molecule has 0 atom stereocenters. The molecule has 1 aromatic heterocycles. The van der Waals surface area contributed by atoms with Crippen LogP contribution in [0.1, 0.15) is 63.8 Å². The number of benzene rings is 16. The van der Waals surface area contributed by atoms with Crippen LogP contribution < -0.4 is 52.2 Å². The van der Waals surface area contributed by atoms with Gasteiger partial charge in [0.05, 0.1) is 51.4 Å². The maximum Gasteiger partial charge on any atom is 0.256 e. The first kappa shape index (κ1) is 68.6. The molecule has 9 heteroatoms. The molecule has 4 aliphatic rings. The average molecular weight is 1470 g/mol. The lowest BCUT2D eigenvalue weighted by Gasteiger charge is -2.47. The van der Waals surface area contributed by atoms with E-state index in [1.54, 1.807) is 0 Å². The van der Waals surface area contributed by atoms with Crippen LogP contribution in [0.2, 0.25) is 0 Å². The number of anilines is 9. The molecule has 0 radical (unpaired) electrons. The van der Waals surface area contributed by atoms with Gasteiger partial charge in [-0.1, -0.05) is 308 Å². The van der Waals surface area contributed by atoms with E-state index in [9.17, 15) is 10.5 Å². The molecule has 0 saturated carbocycles. The Bertz CT molecular complexity index is 6700. The van der Waals surface area contributed by atoms with E-state index in [0.717, 1.165) is 190 Å². The van der Waals surface area contributed by atoms with Crippen molar-refractivity contribution in [1.82, 2.24) is 4.57 Å². The van der Waals surface area contributed by atoms with Gasteiger partial charge in [-0.05, 0) is 167 Å². The third kappa shape index (κ3) is 11.0. The van der Waals surface area contributed by atoms with Gasteiger partial charge in [-0.25, -0.2) is 0 Å². The van der Waals surface area contributed by atoms with Crippen LogP contribution in [0.5, 0.6) is 11.5 Å². The lowest BCUT2D eigenvalue weighted by molar-refractivity contribution is 0.483. The van der Waals surface area contributed by atoms with Crippen LogP contribution in [0.3, 0.4) is 0 Å². The fourth-order valence-corrected chi connectivity index (χ4v) is 18.8. The number of nitrogens with zero attached hydrogens (tertiary/aromatic N) is 6. The highest BCUT2D eigenvalue weighted by atomic mass is 16.5. The molecule has 7 nitrogen and oxygen atoms in total. The average Bonchev–Trinajstić information content (AvgIpc) is 0.990. The molecule has 5 heterocycles. The van der Waals surface area contributed by atoms with Crippen molar-refractivity contribution in [3.05, 3.63) is 374 Å². The van der Waals surface area contributed by atoms with Crippen molar-refractivity contribution < 1.29 is 4.74 Å². The van der Waals surface area contributed by atoms with Gasteiger partial charge in [0.25, 0.3) is 13.4 Å². The second-order valence-electron chi connectivity index (χ2n) is 32.9. The molecule has 4 aliphatic heterocycles. The van der Waals surface area contributed by atoms with Crippen LogP contribution in [-0.2, 0) is 10.8 Å². The molecule has 0 amide bonds. The monoisotopic (exact) mass is 1470 g/mol. The highest BCUT2D eigenvalue weighted by Crippen LogP contribution is 2.57. The van der Waals surface area contributed by atoms with E-state index in [1.807, 2.05) is 0 Å². The summed E-state index contributed by atoms with van der Waals surface area (Å²) in [6, 6.07) is 133. The molecule has 0 fully saturated rings.